The van der Waals surface area contributed by atoms with E-state index in [4.69, 9.17) is 10.5 Å². The molecule has 29 heavy (non-hydrogen) atoms. The Morgan fingerprint density at radius 1 is 1.14 bits per heavy atom. The molecule has 152 valence electrons. The largest absolute Gasteiger partial charge is 0.451 e. The Labute approximate surface area is 167 Å². The highest BCUT2D eigenvalue weighted by molar-refractivity contribution is 6.02. The van der Waals surface area contributed by atoms with Crippen LogP contribution in [-0.4, -0.2) is 28.7 Å². The normalized spacial score (nSPS) is 11.4. The molecule has 1 atom stereocenters. The highest BCUT2D eigenvalue weighted by Gasteiger charge is 2.22. The number of nitro groups is 1. The molecule has 0 heterocycles. The molecule has 0 spiro atoms. The Morgan fingerprint density at radius 3 is 2.34 bits per heavy atom. The van der Waals surface area contributed by atoms with Crippen LogP contribution in [-0.2, 0) is 9.53 Å². The minimum absolute atomic E-state index is 0.0817. The second-order valence-electron chi connectivity index (χ2n) is 6.32. The molecule has 3 N–H and O–H groups in total. The molecule has 1 amide bonds. The maximum absolute atomic E-state index is 12.5. The number of nitrogen functional groups attached to an aromatic ring is 1. The number of carbonyl (C=O) groups is 3. The molecule has 0 aliphatic carbocycles. The molecule has 2 aromatic carbocycles. The lowest BCUT2D eigenvalue weighted by atomic mass is 10.1. The number of Topliss-reactive ketones (excluding diaryl/α,β-unsaturated/α-hetero) is 1. The number of rotatable bonds is 8. The highest BCUT2D eigenvalue weighted by atomic mass is 16.6. The van der Waals surface area contributed by atoms with E-state index in [1.807, 2.05) is 6.92 Å². The van der Waals surface area contributed by atoms with Crippen LogP contribution >= 0.6 is 0 Å². The average Bonchev–Trinajstić information content (AvgIpc) is 2.68. The van der Waals surface area contributed by atoms with Crippen LogP contribution in [0.3, 0.4) is 0 Å². The second-order valence-corrected chi connectivity index (χ2v) is 6.32. The van der Waals surface area contributed by atoms with Crippen molar-refractivity contribution in [3.05, 3.63) is 63.7 Å². The minimum Gasteiger partial charge on any atom is -0.451 e. The first-order valence-corrected chi connectivity index (χ1v) is 8.92. The predicted octanol–water partition coefficient (Wildman–Crippen LogP) is 3.34. The van der Waals surface area contributed by atoms with Gasteiger partial charge in [0, 0.05) is 23.7 Å². The Hall–Kier alpha value is -3.75. The van der Waals surface area contributed by atoms with E-state index in [1.165, 1.54) is 31.2 Å². The van der Waals surface area contributed by atoms with E-state index in [2.05, 4.69) is 5.32 Å². The molecule has 0 aliphatic heterocycles. The van der Waals surface area contributed by atoms with Gasteiger partial charge in [-0.25, -0.2) is 4.79 Å². The number of hydrogen-bond acceptors (Lipinski definition) is 7. The number of nitrogens with zero attached hydrogens (tertiary/aromatic N) is 1. The van der Waals surface area contributed by atoms with Crippen LogP contribution in [0.25, 0.3) is 0 Å². The summed E-state index contributed by atoms with van der Waals surface area (Å²) in [5.74, 6) is -1.45. The minimum atomic E-state index is -1.11. The van der Waals surface area contributed by atoms with Crippen molar-refractivity contribution in [1.29, 1.82) is 0 Å². The van der Waals surface area contributed by atoms with E-state index in [1.54, 1.807) is 12.1 Å². The van der Waals surface area contributed by atoms with Gasteiger partial charge < -0.3 is 15.8 Å². The Kier molecular flexibility index (Phi) is 7.02. The maximum atomic E-state index is 12.5. The van der Waals surface area contributed by atoms with E-state index in [0.717, 1.165) is 12.5 Å². The first-order chi connectivity index (χ1) is 13.7. The zero-order valence-electron chi connectivity index (χ0n) is 16.0. The van der Waals surface area contributed by atoms with Gasteiger partial charge in [0.05, 0.1) is 10.5 Å². The number of nitrogens with one attached hydrogen (secondary N) is 1. The summed E-state index contributed by atoms with van der Waals surface area (Å²) in [5.41, 5.74) is 5.77. The number of nitrogens with two attached hydrogens (primary N) is 1. The third-order valence-electron chi connectivity index (χ3n) is 4.05. The topological polar surface area (TPSA) is 142 Å². The number of benzene rings is 2. The molecule has 0 saturated carbocycles. The third-order valence-corrected chi connectivity index (χ3v) is 4.05. The van der Waals surface area contributed by atoms with Gasteiger partial charge in [0.15, 0.2) is 6.10 Å². The van der Waals surface area contributed by atoms with Crippen LogP contribution in [0.4, 0.5) is 17.1 Å². The summed E-state index contributed by atoms with van der Waals surface area (Å²) in [7, 11) is 0. The van der Waals surface area contributed by atoms with Gasteiger partial charge in [-0.2, -0.15) is 0 Å². The van der Waals surface area contributed by atoms with Crippen LogP contribution in [0.1, 0.15) is 47.4 Å². The van der Waals surface area contributed by atoms with E-state index >= 15 is 0 Å². The van der Waals surface area contributed by atoms with Crippen molar-refractivity contribution in [3.8, 4) is 0 Å². The molecule has 2 aromatic rings. The van der Waals surface area contributed by atoms with Crippen molar-refractivity contribution in [2.24, 2.45) is 0 Å². The Balaban J connectivity index is 2.05. The van der Waals surface area contributed by atoms with Crippen LogP contribution in [0.2, 0.25) is 0 Å². The van der Waals surface area contributed by atoms with Gasteiger partial charge in [-0.05, 0) is 49.7 Å². The van der Waals surface area contributed by atoms with Crippen LogP contribution < -0.4 is 11.1 Å². The molecule has 2 rings (SSSR count). The SMILES string of the molecule is CCCC(=O)Nc1ccc(C(=O)[C@H](C)OC(=O)c2ccc(N)c([N+](=O)[O-])c2)cc1. The fraction of sp³-hybridized carbons (Fsp3) is 0.250. The number of ketones is 1. The van der Waals surface area contributed by atoms with Crippen molar-refractivity contribution in [3.63, 3.8) is 0 Å². The molecule has 0 aliphatic rings. The second kappa shape index (κ2) is 9.45. The highest BCUT2D eigenvalue weighted by Crippen LogP contribution is 2.23. The number of esters is 1. The number of amides is 1. The lowest BCUT2D eigenvalue weighted by Gasteiger charge is -2.13. The van der Waals surface area contributed by atoms with E-state index in [0.29, 0.717) is 17.7 Å². The fourth-order valence-corrected chi connectivity index (χ4v) is 2.51. The molecule has 0 fully saturated rings. The molecule has 0 radical (unpaired) electrons. The molecular weight excluding hydrogens is 378 g/mol. The van der Waals surface area contributed by atoms with Gasteiger partial charge in [0.2, 0.25) is 11.7 Å². The van der Waals surface area contributed by atoms with Gasteiger partial charge in [0.25, 0.3) is 5.69 Å². The van der Waals surface area contributed by atoms with Crippen molar-refractivity contribution in [2.75, 3.05) is 11.1 Å². The summed E-state index contributed by atoms with van der Waals surface area (Å²) in [5, 5.41) is 13.6. The van der Waals surface area contributed by atoms with Crippen molar-refractivity contribution in [2.45, 2.75) is 32.8 Å². The molecule has 9 nitrogen and oxygen atoms in total. The quantitative estimate of drug-likeness (QED) is 0.228. The van der Waals surface area contributed by atoms with Crippen molar-refractivity contribution >= 4 is 34.7 Å². The first kappa shape index (κ1) is 21.5. The van der Waals surface area contributed by atoms with Gasteiger partial charge >= 0.3 is 5.97 Å². The summed E-state index contributed by atoms with van der Waals surface area (Å²) in [4.78, 5) is 46.5. The predicted molar refractivity (Wildman–Crippen MR) is 107 cm³/mol. The van der Waals surface area contributed by atoms with Crippen LogP contribution in [0.15, 0.2) is 42.5 Å². The molecular formula is C20H21N3O6. The van der Waals surface area contributed by atoms with E-state index < -0.39 is 28.5 Å². The summed E-state index contributed by atoms with van der Waals surface area (Å²) < 4.78 is 5.13. The molecule has 0 bridgehead atoms. The van der Waals surface area contributed by atoms with Gasteiger partial charge in [-0.1, -0.05) is 6.92 Å². The molecule has 9 heteroatoms. The number of carbonyl (C=O) groups excluding carboxylic acids is 3. The molecule has 0 unspecified atom stereocenters. The van der Waals surface area contributed by atoms with Crippen LogP contribution in [0, 0.1) is 10.1 Å². The number of hydrogen-bond donors (Lipinski definition) is 2. The zero-order valence-corrected chi connectivity index (χ0v) is 16.0. The monoisotopic (exact) mass is 399 g/mol. The summed E-state index contributed by atoms with van der Waals surface area (Å²) in [6, 6.07) is 9.72. The third kappa shape index (κ3) is 5.61. The Morgan fingerprint density at radius 2 is 1.76 bits per heavy atom. The fourth-order valence-electron chi connectivity index (χ4n) is 2.51. The average molecular weight is 399 g/mol. The van der Waals surface area contributed by atoms with Gasteiger partial charge in [-0.15, -0.1) is 0 Å². The first-order valence-electron chi connectivity index (χ1n) is 8.92. The summed E-state index contributed by atoms with van der Waals surface area (Å²) in [6.07, 6.45) is 0.0130. The Bertz CT molecular complexity index is 940. The van der Waals surface area contributed by atoms with Crippen molar-refractivity contribution < 1.29 is 24.0 Å². The van der Waals surface area contributed by atoms with E-state index in [-0.39, 0.29) is 17.2 Å². The van der Waals surface area contributed by atoms with Crippen molar-refractivity contribution in [1.82, 2.24) is 0 Å². The number of anilines is 2. The summed E-state index contributed by atoms with van der Waals surface area (Å²) >= 11 is 0. The van der Waals surface area contributed by atoms with Gasteiger partial charge in [-0.3, -0.25) is 19.7 Å². The lowest BCUT2D eigenvalue weighted by Crippen LogP contribution is -2.24. The molecule has 0 saturated heterocycles. The summed E-state index contributed by atoms with van der Waals surface area (Å²) in [6.45, 7) is 3.30. The van der Waals surface area contributed by atoms with Gasteiger partial charge in [0.1, 0.15) is 5.69 Å². The lowest BCUT2D eigenvalue weighted by molar-refractivity contribution is -0.383. The van der Waals surface area contributed by atoms with E-state index in [9.17, 15) is 24.5 Å². The van der Waals surface area contributed by atoms with Crippen LogP contribution in [0.5, 0.6) is 0 Å². The number of ether oxygens (including phenoxy) is 1. The maximum Gasteiger partial charge on any atom is 0.339 e. The standard InChI is InChI=1S/C20H21N3O6/c1-3-4-18(24)22-15-8-5-13(6-9-15)19(25)12(2)29-20(26)14-7-10-16(21)17(11-14)23(27)28/h5-12H,3-4,21H2,1-2H3,(H,22,24)/t12-/m0/s1. The molecule has 0 aromatic heterocycles. The zero-order chi connectivity index (χ0) is 21.6. The number of nitro benzene ring substituents is 1. The smallest absolute Gasteiger partial charge is 0.339 e.